The molecule has 1 amide bonds. The van der Waals surface area contributed by atoms with Gasteiger partial charge >= 0.3 is 0 Å². The zero-order valence-electron chi connectivity index (χ0n) is 11.3. The quantitative estimate of drug-likeness (QED) is 0.756. The number of hydrogen-bond acceptors (Lipinski definition) is 3. The summed E-state index contributed by atoms with van der Waals surface area (Å²) in [6.07, 6.45) is 4.06. The second kappa shape index (κ2) is 6.97. The van der Waals surface area contributed by atoms with Crippen molar-refractivity contribution < 1.29 is 9.90 Å². The first-order valence-electron chi connectivity index (χ1n) is 6.63. The average Bonchev–Trinajstić information content (AvgIpc) is 2.29. The van der Waals surface area contributed by atoms with Gasteiger partial charge in [-0.1, -0.05) is 0 Å². The van der Waals surface area contributed by atoms with Crippen LogP contribution in [-0.4, -0.2) is 48.2 Å². The maximum Gasteiger partial charge on any atom is 0.234 e. The minimum atomic E-state index is 0.119. The minimum absolute atomic E-state index is 0.119. The van der Waals surface area contributed by atoms with Crippen LogP contribution >= 0.6 is 0 Å². The number of rotatable bonds is 5. The van der Waals surface area contributed by atoms with Gasteiger partial charge in [0, 0.05) is 18.7 Å². The number of amides is 1. The first-order valence-corrected chi connectivity index (χ1v) is 6.63. The van der Waals surface area contributed by atoms with Crippen LogP contribution in [0.4, 0.5) is 0 Å². The fourth-order valence-electron chi connectivity index (χ4n) is 2.17. The van der Waals surface area contributed by atoms with Crippen LogP contribution in [0.3, 0.4) is 0 Å². The number of aliphatic hydroxyl groups is 1. The van der Waals surface area contributed by atoms with Crippen molar-refractivity contribution in [1.29, 1.82) is 0 Å². The average molecular weight is 242 g/mol. The first-order chi connectivity index (χ1) is 8.02. The Morgan fingerprint density at radius 1 is 1.35 bits per heavy atom. The predicted molar refractivity (Wildman–Crippen MR) is 68.7 cm³/mol. The lowest BCUT2D eigenvalue weighted by Gasteiger charge is -2.29. The maximum atomic E-state index is 11.8. The number of nitrogens with one attached hydrogen (secondary N) is 1. The zero-order chi connectivity index (χ0) is 12.8. The molecule has 1 rings (SSSR count). The molecule has 17 heavy (non-hydrogen) atoms. The molecule has 0 atom stereocenters. The Labute approximate surface area is 104 Å². The molecule has 4 nitrogen and oxygen atoms in total. The van der Waals surface area contributed by atoms with Gasteiger partial charge < -0.3 is 10.4 Å². The Balaban J connectivity index is 2.23. The highest BCUT2D eigenvalue weighted by molar-refractivity contribution is 5.78. The molecule has 4 heteroatoms. The van der Waals surface area contributed by atoms with Gasteiger partial charge in [0.25, 0.3) is 0 Å². The third kappa shape index (κ3) is 5.04. The van der Waals surface area contributed by atoms with Crippen LogP contribution < -0.4 is 5.32 Å². The van der Waals surface area contributed by atoms with Gasteiger partial charge in [0.2, 0.25) is 5.91 Å². The molecule has 1 saturated carbocycles. The van der Waals surface area contributed by atoms with E-state index in [0.29, 0.717) is 24.5 Å². The van der Waals surface area contributed by atoms with Crippen molar-refractivity contribution in [3.63, 3.8) is 0 Å². The smallest absolute Gasteiger partial charge is 0.234 e. The highest BCUT2D eigenvalue weighted by atomic mass is 16.3. The topological polar surface area (TPSA) is 52.6 Å². The van der Waals surface area contributed by atoms with Gasteiger partial charge in [-0.05, 0) is 52.5 Å². The second-order valence-electron chi connectivity index (χ2n) is 5.48. The van der Waals surface area contributed by atoms with E-state index in [2.05, 4.69) is 19.2 Å². The van der Waals surface area contributed by atoms with Crippen molar-refractivity contribution in [2.45, 2.75) is 51.6 Å². The van der Waals surface area contributed by atoms with Gasteiger partial charge in [-0.25, -0.2) is 0 Å². The van der Waals surface area contributed by atoms with E-state index in [1.165, 1.54) is 0 Å². The number of hydrogen-bond donors (Lipinski definition) is 2. The molecule has 0 bridgehead atoms. The van der Waals surface area contributed by atoms with Crippen LogP contribution in [-0.2, 0) is 4.79 Å². The van der Waals surface area contributed by atoms with Crippen molar-refractivity contribution in [1.82, 2.24) is 10.2 Å². The molecule has 1 aliphatic carbocycles. The molecule has 0 aromatic heterocycles. The van der Waals surface area contributed by atoms with Gasteiger partial charge in [0.05, 0.1) is 6.54 Å². The summed E-state index contributed by atoms with van der Waals surface area (Å²) in [6, 6.07) is 0.705. The van der Waals surface area contributed by atoms with E-state index in [1.807, 2.05) is 11.9 Å². The van der Waals surface area contributed by atoms with Crippen LogP contribution in [0.25, 0.3) is 0 Å². The SMILES string of the molecule is CC(C)N(C)CC(=O)NC1CCC(CO)CC1. The van der Waals surface area contributed by atoms with Gasteiger partial charge in [0.1, 0.15) is 0 Å². The fourth-order valence-corrected chi connectivity index (χ4v) is 2.17. The van der Waals surface area contributed by atoms with Crippen molar-refractivity contribution >= 4 is 5.91 Å². The normalized spacial score (nSPS) is 25.3. The van der Waals surface area contributed by atoms with Gasteiger partial charge in [0.15, 0.2) is 0 Å². The number of likely N-dealkylation sites (N-methyl/N-ethyl adjacent to an activating group) is 1. The summed E-state index contributed by atoms with van der Waals surface area (Å²) < 4.78 is 0. The van der Waals surface area contributed by atoms with Gasteiger partial charge in [-0.15, -0.1) is 0 Å². The molecule has 1 aliphatic rings. The number of nitrogens with zero attached hydrogens (tertiary/aromatic N) is 1. The van der Waals surface area contributed by atoms with Crippen LogP contribution in [0.2, 0.25) is 0 Å². The summed E-state index contributed by atoms with van der Waals surface area (Å²) in [5, 5.41) is 12.1. The molecule has 0 heterocycles. The number of aliphatic hydroxyl groups excluding tert-OH is 1. The highest BCUT2D eigenvalue weighted by Gasteiger charge is 2.22. The lowest BCUT2D eigenvalue weighted by atomic mass is 9.86. The summed E-state index contributed by atoms with van der Waals surface area (Å²) in [7, 11) is 1.97. The van der Waals surface area contributed by atoms with E-state index in [-0.39, 0.29) is 12.5 Å². The molecule has 0 radical (unpaired) electrons. The third-order valence-electron chi connectivity index (χ3n) is 3.74. The van der Waals surface area contributed by atoms with Crippen LogP contribution in [0.1, 0.15) is 39.5 Å². The lowest BCUT2D eigenvalue weighted by Crippen LogP contribution is -2.44. The molecule has 0 unspecified atom stereocenters. The Morgan fingerprint density at radius 3 is 2.41 bits per heavy atom. The largest absolute Gasteiger partial charge is 0.396 e. The molecule has 0 spiro atoms. The zero-order valence-corrected chi connectivity index (χ0v) is 11.3. The summed E-state index contributed by atoms with van der Waals surface area (Å²) >= 11 is 0. The summed E-state index contributed by atoms with van der Waals surface area (Å²) in [6.45, 7) is 4.92. The number of carbonyl (C=O) groups is 1. The van der Waals surface area contributed by atoms with Crippen molar-refractivity contribution in [3.05, 3.63) is 0 Å². The maximum absolute atomic E-state index is 11.8. The standard InChI is InChI=1S/C13H26N2O2/c1-10(2)15(3)8-13(17)14-12-6-4-11(9-16)5-7-12/h10-12,16H,4-9H2,1-3H3,(H,14,17). The monoisotopic (exact) mass is 242 g/mol. The fraction of sp³-hybridized carbons (Fsp3) is 0.923. The molecular formula is C13H26N2O2. The van der Waals surface area contributed by atoms with E-state index in [4.69, 9.17) is 5.11 Å². The molecule has 100 valence electrons. The van der Waals surface area contributed by atoms with E-state index in [9.17, 15) is 4.79 Å². The van der Waals surface area contributed by atoms with E-state index >= 15 is 0 Å². The van der Waals surface area contributed by atoms with E-state index < -0.39 is 0 Å². The first kappa shape index (κ1) is 14.5. The van der Waals surface area contributed by atoms with E-state index in [1.54, 1.807) is 0 Å². The third-order valence-corrected chi connectivity index (χ3v) is 3.74. The summed E-state index contributed by atoms with van der Waals surface area (Å²) in [5.74, 6) is 0.565. The summed E-state index contributed by atoms with van der Waals surface area (Å²) in [4.78, 5) is 13.8. The molecule has 0 aromatic carbocycles. The Hall–Kier alpha value is -0.610. The van der Waals surface area contributed by atoms with Crippen LogP contribution in [0.5, 0.6) is 0 Å². The van der Waals surface area contributed by atoms with Crippen LogP contribution in [0, 0.1) is 5.92 Å². The van der Waals surface area contributed by atoms with Crippen LogP contribution in [0.15, 0.2) is 0 Å². The number of carbonyl (C=O) groups excluding carboxylic acids is 1. The van der Waals surface area contributed by atoms with Gasteiger partial charge in [-0.3, -0.25) is 9.69 Å². The molecule has 0 aliphatic heterocycles. The molecule has 1 fully saturated rings. The molecule has 2 N–H and O–H groups in total. The molecule has 0 saturated heterocycles. The second-order valence-corrected chi connectivity index (χ2v) is 5.48. The molecular weight excluding hydrogens is 216 g/mol. The lowest BCUT2D eigenvalue weighted by molar-refractivity contribution is -0.123. The Bertz CT molecular complexity index is 236. The highest BCUT2D eigenvalue weighted by Crippen LogP contribution is 2.23. The predicted octanol–water partition coefficient (Wildman–Crippen LogP) is 0.994. The Morgan fingerprint density at radius 2 is 1.94 bits per heavy atom. The van der Waals surface area contributed by atoms with Crippen molar-refractivity contribution in [3.8, 4) is 0 Å². The Kier molecular flexibility index (Phi) is 5.92. The van der Waals surface area contributed by atoms with Gasteiger partial charge in [-0.2, -0.15) is 0 Å². The van der Waals surface area contributed by atoms with Crippen molar-refractivity contribution in [2.75, 3.05) is 20.2 Å². The summed E-state index contributed by atoms with van der Waals surface area (Å²) in [5.41, 5.74) is 0. The van der Waals surface area contributed by atoms with Crippen molar-refractivity contribution in [2.24, 2.45) is 5.92 Å². The molecule has 0 aromatic rings. The van der Waals surface area contributed by atoms with E-state index in [0.717, 1.165) is 25.7 Å². The minimum Gasteiger partial charge on any atom is -0.396 e.